The molecule has 0 radical (unpaired) electrons. The Balaban J connectivity index is 1.69. The van der Waals surface area contributed by atoms with Crippen LogP contribution >= 0.6 is 0 Å². The minimum atomic E-state index is -0.930. The molecule has 3 aromatic carbocycles. The molecular formula is C24H22N2O2. The van der Waals surface area contributed by atoms with E-state index in [1.807, 2.05) is 80.0 Å². The minimum absolute atomic E-state index is 0.276. The molecule has 4 rings (SSSR count). The maximum absolute atomic E-state index is 12.1. The van der Waals surface area contributed by atoms with Crippen LogP contribution in [0.15, 0.2) is 85.2 Å². The molecule has 4 aromatic rings. The van der Waals surface area contributed by atoms with Crippen LogP contribution in [0.1, 0.15) is 24.1 Å². The summed E-state index contributed by atoms with van der Waals surface area (Å²) < 4.78 is 0. The monoisotopic (exact) mass is 370 g/mol. The zero-order valence-corrected chi connectivity index (χ0v) is 15.7. The molecule has 0 aliphatic heterocycles. The van der Waals surface area contributed by atoms with E-state index in [2.05, 4.69) is 17.1 Å². The number of hydrogen-bond acceptors (Lipinski definition) is 1. The van der Waals surface area contributed by atoms with E-state index in [0.29, 0.717) is 6.54 Å². The molecule has 28 heavy (non-hydrogen) atoms. The van der Waals surface area contributed by atoms with Crippen LogP contribution < -0.4 is 0 Å². The van der Waals surface area contributed by atoms with Crippen LogP contribution in [0, 0.1) is 0 Å². The van der Waals surface area contributed by atoms with E-state index in [1.54, 1.807) is 0 Å². The Morgan fingerprint density at radius 1 is 0.964 bits per heavy atom. The van der Waals surface area contributed by atoms with Gasteiger partial charge in [0.1, 0.15) is 0 Å². The molecule has 0 spiro atoms. The highest BCUT2D eigenvalue weighted by molar-refractivity contribution is 5.86. The van der Waals surface area contributed by atoms with E-state index in [4.69, 9.17) is 0 Å². The van der Waals surface area contributed by atoms with Gasteiger partial charge in [0.15, 0.2) is 0 Å². The first-order chi connectivity index (χ1) is 13.6. The van der Waals surface area contributed by atoms with Crippen molar-refractivity contribution in [1.29, 1.82) is 0 Å². The maximum Gasteiger partial charge on any atom is 0.408 e. The highest BCUT2D eigenvalue weighted by atomic mass is 16.4. The van der Waals surface area contributed by atoms with Gasteiger partial charge in [0.2, 0.25) is 0 Å². The predicted octanol–water partition coefficient (Wildman–Crippen LogP) is 6.08. The minimum Gasteiger partial charge on any atom is -0.465 e. The second kappa shape index (κ2) is 7.61. The van der Waals surface area contributed by atoms with Crippen LogP contribution in [0.5, 0.6) is 0 Å². The van der Waals surface area contributed by atoms with Gasteiger partial charge in [-0.1, -0.05) is 72.8 Å². The summed E-state index contributed by atoms with van der Waals surface area (Å²) >= 11 is 0. The van der Waals surface area contributed by atoms with E-state index in [1.165, 1.54) is 4.90 Å². The van der Waals surface area contributed by atoms with Crippen LogP contribution in [-0.4, -0.2) is 21.1 Å². The zero-order chi connectivity index (χ0) is 19.5. The third-order valence-corrected chi connectivity index (χ3v) is 5.24. The lowest BCUT2D eigenvalue weighted by Crippen LogP contribution is -2.31. The summed E-state index contributed by atoms with van der Waals surface area (Å²) in [6, 6.07) is 23.9. The average molecular weight is 370 g/mol. The standard InChI is InChI=1S/C24H22N2O2/c1-17(21-13-7-11-18-10-5-6-12-22(18)21)26(24(27)28)16-20-14-25-15-23(20)19-8-3-2-4-9-19/h2-15,17,25H,16H2,1H3,(H,27,28)/t17-/m1/s1. The van der Waals surface area contributed by atoms with Gasteiger partial charge >= 0.3 is 6.09 Å². The number of hydrogen-bond donors (Lipinski definition) is 2. The summed E-state index contributed by atoms with van der Waals surface area (Å²) in [4.78, 5) is 16.8. The Bertz CT molecular complexity index is 1100. The first-order valence-corrected chi connectivity index (χ1v) is 9.33. The van der Waals surface area contributed by atoms with E-state index in [9.17, 15) is 9.90 Å². The summed E-state index contributed by atoms with van der Waals surface area (Å²) in [5.74, 6) is 0. The number of aromatic amines is 1. The molecule has 4 heteroatoms. The maximum atomic E-state index is 12.1. The van der Waals surface area contributed by atoms with Gasteiger partial charge in [0.05, 0.1) is 12.6 Å². The van der Waals surface area contributed by atoms with Gasteiger partial charge in [-0.2, -0.15) is 0 Å². The van der Waals surface area contributed by atoms with Gasteiger partial charge in [-0.3, -0.25) is 4.90 Å². The molecular weight excluding hydrogens is 348 g/mol. The molecule has 0 aliphatic rings. The number of nitrogens with zero attached hydrogens (tertiary/aromatic N) is 1. The van der Waals surface area contributed by atoms with E-state index < -0.39 is 6.09 Å². The summed E-state index contributed by atoms with van der Waals surface area (Å²) in [6.45, 7) is 2.26. The average Bonchev–Trinajstić information content (AvgIpc) is 3.20. The fourth-order valence-corrected chi connectivity index (χ4v) is 3.75. The Kier molecular flexibility index (Phi) is 4.85. The second-order valence-electron chi connectivity index (χ2n) is 6.92. The number of carboxylic acid groups (broad SMARTS) is 1. The van der Waals surface area contributed by atoms with Crippen LogP contribution in [0.3, 0.4) is 0 Å². The molecule has 0 saturated heterocycles. The number of amides is 1. The van der Waals surface area contributed by atoms with Crippen molar-refractivity contribution in [3.05, 3.63) is 96.3 Å². The van der Waals surface area contributed by atoms with Crippen molar-refractivity contribution in [2.45, 2.75) is 19.5 Å². The number of carbonyl (C=O) groups is 1. The fourth-order valence-electron chi connectivity index (χ4n) is 3.75. The topological polar surface area (TPSA) is 56.3 Å². The first kappa shape index (κ1) is 17.9. The fraction of sp³-hybridized carbons (Fsp3) is 0.125. The molecule has 0 fully saturated rings. The number of nitrogens with one attached hydrogen (secondary N) is 1. The normalized spacial score (nSPS) is 12.0. The summed E-state index contributed by atoms with van der Waals surface area (Å²) in [6.07, 6.45) is 2.88. The Morgan fingerprint density at radius 2 is 1.68 bits per heavy atom. The van der Waals surface area contributed by atoms with Gasteiger partial charge in [0.25, 0.3) is 0 Å². The molecule has 0 bridgehead atoms. The van der Waals surface area contributed by atoms with Crippen LogP contribution in [0.4, 0.5) is 4.79 Å². The smallest absolute Gasteiger partial charge is 0.408 e. The molecule has 1 amide bonds. The summed E-state index contributed by atoms with van der Waals surface area (Å²) in [7, 11) is 0. The van der Waals surface area contributed by atoms with Gasteiger partial charge < -0.3 is 10.1 Å². The van der Waals surface area contributed by atoms with Gasteiger partial charge in [-0.05, 0) is 34.4 Å². The van der Waals surface area contributed by atoms with Crippen LogP contribution in [-0.2, 0) is 6.54 Å². The lowest BCUT2D eigenvalue weighted by molar-refractivity contribution is 0.125. The Morgan fingerprint density at radius 3 is 2.46 bits per heavy atom. The van der Waals surface area contributed by atoms with Gasteiger partial charge in [-0.25, -0.2) is 4.79 Å². The molecule has 140 valence electrons. The van der Waals surface area contributed by atoms with E-state index in [-0.39, 0.29) is 6.04 Å². The van der Waals surface area contributed by atoms with Crippen molar-refractivity contribution in [3.8, 4) is 11.1 Å². The second-order valence-corrected chi connectivity index (χ2v) is 6.92. The Hall–Kier alpha value is -3.53. The van der Waals surface area contributed by atoms with Crippen LogP contribution in [0.2, 0.25) is 0 Å². The number of aromatic nitrogens is 1. The lowest BCUT2D eigenvalue weighted by Gasteiger charge is -2.28. The molecule has 1 heterocycles. The molecule has 1 atom stereocenters. The van der Waals surface area contributed by atoms with Crippen molar-refractivity contribution in [3.63, 3.8) is 0 Å². The Labute approximate surface area is 164 Å². The zero-order valence-electron chi connectivity index (χ0n) is 15.7. The number of fused-ring (bicyclic) bond motifs is 1. The van der Waals surface area contributed by atoms with Crippen LogP contribution in [0.25, 0.3) is 21.9 Å². The molecule has 2 N–H and O–H groups in total. The van der Waals surface area contributed by atoms with Crippen molar-refractivity contribution >= 4 is 16.9 Å². The predicted molar refractivity (Wildman–Crippen MR) is 112 cm³/mol. The molecule has 1 aromatic heterocycles. The molecule has 4 nitrogen and oxygen atoms in total. The third-order valence-electron chi connectivity index (χ3n) is 5.24. The highest BCUT2D eigenvalue weighted by Crippen LogP contribution is 2.31. The van der Waals surface area contributed by atoms with Gasteiger partial charge in [-0.15, -0.1) is 0 Å². The molecule has 0 unspecified atom stereocenters. The molecule has 0 aliphatic carbocycles. The van der Waals surface area contributed by atoms with E-state index >= 15 is 0 Å². The van der Waals surface area contributed by atoms with E-state index in [0.717, 1.165) is 33.0 Å². The highest BCUT2D eigenvalue weighted by Gasteiger charge is 2.24. The lowest BCUT2D eigenvalue weighted by atomic mass is 9.98. The first-order valence-electron chi connectivity index (χ1n) is 9.33. The van der Waals surface area contributed by atoms with Crippen molar-refractivity contribution < 1.29 is 9.90 Å². The van der Waals surface area contributed by atoms with Gasteiger partial charge in [0, 0.05) is 18.0 Å². The summed E-state index contributed by atoms with van der Waals surface area (Å²) in [5, 5.41) is 12.2. The number of rotatable bonds is 5. The molecule has 0 saturated carbocycles. The number of H-pyrrole nitrogens is 1. The van der Waals surface area contributed by atoms with Crippen molar-refractivity contribution in [2.75, 3.05) is 0 Å². The number of benzene rings is 3. The third kappa shape index (κ3) is 3.37. The quantitative estimate of drug-likeness (QED) is 0.447. The van der Waals surface area contributed by atoms with Crippen molar-refractivity contribution in [2.24, 2.45) is 0 Å². The SMILES string of the molecule is C[C@H](c1cccc2ccccc12)N(Cc1c[nH]cc1-c1ccccc1)C(=O)O. The van der Waals surface area contributed by atoms with Crippen molar-refractivity contribution in [1.82, 2.24) is 9.88 Å². The largest absolute Gasteiger partial charge is 0.465 e. The summed E-state index contributed by atoms with van der Waals surface area (Å²) in [5.41, 5.74) is 4.07.